The molecule has 0 saturated carbocycles. The average Bonchev–Trinajstić information content (AvgIpc) is 3.22. The van der Waals surface area contributed by atoms with Crippen LogP contribution in [0, 0.1) is 12.7 Å². The number of nitrogens with one attached hydrogen (secondary N) is 1. The van der Waals surface area contributed by atoms with Gasteiger partial charge in [0.15, 0.2) is 5.13 Å². The molecule has 0 unspecified atom stereocenters. The summed E-state index contributed by atoms with van der Waals surface area (Å²) in [6, 6.07) is 7.98. The number of amides is 1. The number of thiazole rings is 1. The summed E-state index contributed by atoms with van der Waals surface area (Å²) in [4.78, 5) is 29.7. The summed E-state index contributed by atoms with van der Waals surface area (Å²) >= 11 is 2.59. The molecule has 0 spiro atoms. The molecule has 1 N–H and O–H groups in total. The second kappa shape index (κ2) is 8.41. The molecule has 8 heteroatoms. The molecule has 0 radical (unpaired) electrons. The molecule has 2 heterocycles. The van der Waals surface area contributed by atoms with E-state index in [4.69, 9.17) is 4.74 Å². The molecular formula is C19H17FN2O3S2. The molecule has 0 aliphatic rings. The summed E-state index contributed by atoms with van der Waals surface area (Å²) in [6.07, 6.45) is 0.0764. The predicted molar refractivity (Wildman–Crippen MR) is 105 cm³/mol. The van der Waals surface area contributed by atoms with Gasteiger partial charge in [0.25, 0.3) is 5.91 Å². The molecule has 27 heavy (non-hydrogen) atoms. The van der Waals surface area contributed by atoms with Gasteiger partial charge in [0.1, 0.15) is 5.82 Å². The quantitative estimate of drug-likeness (QED) is 0.606. The van der Waals surface area contributed by atoms with Crippen LogP contribution in [0.5, 0.6) is 0 Å². The number of aromatic nitrogens is 1. The third-order valence-electron chi connectivity index (χ3n) is 3.65. The van der Waals surface area contributed by atoms with Crippen molar-refractivity contribution in [2.45, 2.75) is 20.3 Å². The highest BCUT2D eigenvalue weighted by molar-refractivity contribution is 7.18. The summed E-state index contributed by atoms with van der Waals surface area (Å²) < 4.78 is 18.0. The number of aryl methyl sites for hydroxylation is 1. The minimum atomic E-state index is -0.349. The van der Waals surface area contributed by atoms with Gasteiger partial charge >= 0.3 is 5.97 Å². The van der Waals surface area contributed by atoms with Gasteiger partial charge in [0, 0.05) is 10.3 Å². The van der Waals surface area contributed by atoms with Crippen LogP contribution in [0.2, 0.25) is 0 Å². The topological polar surface area (TPSA) is 68.3 Å². The number of esters is 1. The number of carbonyl (C=O) groups excluding carboxylic acids is 2. The van der Waals surface area contributed by atoms with E-state index in [1.165, 1.54) is 34.8 Å². The van der Waals surface area contributed by atoms with Crippen molar-refractivity contribution >= 4 is 39.7 Å². The molecule has 1 aromatic carbocycles. The van der Waals surface area contributed by atoms with Crippen LogP contribution < -0.4 is 5.32 Å². The highest BCUT2D eigenvalue weighted by Crippen LogP contribution is 2.33. The number of anilines is 1. The van der Waals surface area contributed by atoms with Crippen molar-refractivity contribution in [3.05, 3.63) is 57.7 Å². The molecule has 0 bridgehead atoms. The Labute approximate surface area is 163 Å². The smallest absolute Gasteiger partial charge is 0.311 e. The van der Waals surface area contributed by atoms with Gasteiger partial charge in [-0.3, -0.25) is 14.9 Å². The van der Waals surface area contributed by atoms with E-state index in [1.54, 1.807) is 30.5 Å². The van der Waals surface area contributed by atoms with Gasteiger partial charge < -0.3 is 4.74 Å². The number of benzene rings is 1. The van der Waals surface area contributed by atoms with Gasteiger partial charge in [0.05, 0.1) is 23.6 Å². The first kappa shape index (κ1) is 19.2. The molecule has 3 aromatic rings. The Morgan fingerprint density at radius 1 is 1.26 bits per heavy atom. The van der Waals surface area contributed by atoms with Crippen LogP contribution in [0.1, 0.15) is 27.9 Å². The number of ether oxygens (including phenoxy) is 1. The molecule has 0 atom stereocenters. The molecule has 0 saturated heterocycles. The van der Waals surface area contributed by atoms with Gasteiger partial charge in [0.2, 0.25) is 0 Å². The van der Waals surface area contributed by atoms with E-state index >= 15 is 0 Å². The van der Waals surface area contributed by atoms with Crippen molar-refractivity contribution in [2.24, 2.45) is 0 Å². The van der Waals surface area contributed by atoms with Crippen LogP contribution in [-0.4, -0.2) is 23.5 Å². The number of halogens is 1. The van der Waals surface area contributed by atoms with E-state index in [0.717, 1.165) is 16.0 Å². The zero-order valence-corrected chi connectivity index (χ0v) is 16.4. The first-order chi connectivity index (χ1) is 13.0. The SMILES string of the molecule is CCOC(=O)Cc1csc(NC(=O)c2cc(C)c(-c3ccc(F)cc3)s2)n1. The largest absolute Gasteiger partial charge is 0.466 e. The zero-order chi connectivity index (χ0) is 19.4. The van der Waals surface area contributed by atoms with E-state index in [2.05, 4.69) is 10.3 Å². The lowest BCUT2D eigenvalue weighted by Gasteiger charge is -2.00. The molecule has 1 amide bonds. The third kappa shape index (κ3) is 4.78. The summed E-state index contributed by atoms with van der Waals surface area (Å²) in [6.45, 7) is 3.97. The second-order valence-electron chi connectivity index (χ2n) is 5.71. The monoisotopic (exact) mass is 404 g/mol. The van der Waals surface area contributed by atoms with Crippen LogP contribution in [0.3, 0.4) is 0 Å². The number of nitrogens with zero attached hydrogens (tertiary/aromatic N) is 1. The molecule has 0 fully saturated rings. The first-order valence-corrected chi connectivity index (χ1v) is 9.93. The molecule has 140 valence electrons. The number of thiophene rings is 1. The van der Waals surface area contributed by atoms with Crippen LogP contribution in [0.15, 0.2) is 35.7 Å². The standard InChI is InChI=1S/C19H17FN2O3S2/c1-3-25-16(23)9-14-10-26-19(21-14)22-18(24)15-8-11(2)17(27-15)12-4-6-13(20)7-5-12/h4-8,10H,3,9H2,1-2H3,(H,21,22,24). The van der Waals surface area contributed by atoms with Crippen LogP contribution in [0.25, 0.3) is 10.4 Å². The van der Waals surface area contributed by atoms with E-state index in [1.807, 2.05) is 6.92 Å². The Morgan fingerprint density at radius 3 is 2.70 bits per heavy atom. The minimum absolute atomic E-state index is 0.0764. The van der Waals surface area contributed by atoms with Crippen molar-refractivity contribution in [1.82, 2.24) is 4.98 Å². The van der Waals surface area contributed by atoms with Crippen LogP contribution in [0.4, 0.5) is 9.52 Å². The summed E-state index contributed by atoms with van der Waals surface area (Å²) in [5, 5.41) is 4.89. The predicted octanol–water partition coefficient (Wildman–Crippen LogP) is 4.68. The maximum absolute atomic E-state index is 13.1. The summed E-state index contributed by atoms with van der Waals surface area (Å²) in [5.74, 6) is -0.916. The Bertz CT molecular complexity index is 964. The third-order valence-corrected chi connectivity index (χ3v) is 5.74. The number of carbonyl (C=O) groups is 2. The van der Waals surface area contributed by atoms with E-state index in [9.17, 15) is 14.0 Å². The lowest BCUT2D eigenvalue weighted by atomic mass is 10.1. The molecule has 2 aromatic heterocycles. The Morgan fingerprint density at radius 2 is 2.00 bits per heavy atom. The fourth-order valence-corrected chi connectivity index (χ4v) is 4.22. The molecular weight excluding hydrogens is 387 g/mol. The zero-order valence-electron chi connectivity index (χ0n) is 14.7. The number of hydrogen-bond acceptors (Lipinski definition) is 6. The number of rotatable bonds is 6. The lowest BCUT2D eigenvalue weighted by Crippen LogP contribution is -2.11. The van der Waals surface area contributed by atoms with Crippen LogP contribution >= 0.6 is 22.7 Å². The average molecular weight is 404 g/mol. The fraction of sp³-hybridized carbons (Fsp3) is 0.211. The Balaban J connectivity index is 1.70. The van der Waals surface area contributed by atoms with Gasteiger partial charge in [-0.2, -0.15) is 0 Å². The van der Waals surface area contributed by atoms with Crippen molar-refractivity contribution in [3.8, 4) is 10.4 Å². The molecule has 0 aliphatic heterocycles. The maximum atomic E-state index is 13.1. The summed E-state index contributed by atoms with van der Waals surface area (Å²) in [5.41, 5.74) is 2.37. The van der Waals surface area contributed by atoms with Gasteiger partial charge in [-0.1, -0.05) is 12.1 Å². The van der Waals surface area contributed by atoms with E-state index in [-0.39, 0.29) is 24.1 Å². The van der Waals surface area contributed by atoms with Gasteiger partial charge in [-0.25, -0.2) is 9.37 Å². The van der Waals surface area contributed by atoms with Crippen molar-refractivity contribution < 1.29 is 18.7 Å². The van der Waals surface area contributed by atoms with E-state index < -0.39 is 0 Å². The minimum Gasteiger partial charge on any atom is -0.466 e. The van der Waals surface area contributed by atoms with Gasteiger partial charge in [-0.05, 0) is 43.2 Å². The van der Waals surface area contributed by atoms with E-state index in [0.29, 0.717) is 22.3 Å². The maximum Gasteiger partial charge on any atom is 0.311 e. The normalized spacial score (nSPS) is 10.6. The van der Waals surface area contributed by atoms with Crippen molar-refractivity contribution in [1.29, 1.82) is 0 Å². The number of hydrogen-bond donors (Lipinski definition) is 1. The van der Waals surface area contributed by atoms with Gasteiger partial charge in [-0.15, -0.1) is 22.7 Å². The van der Waals surface area contributed by atoms with Crippen molar-refractivity contribution in [3.63, 3.8) is 0 Å². The molecule has 5 nitrogen and oxygen atoms in total. The highest BCUT2D eigenvalue weighted by Gasteiger charge is 2.16. The first-order valence-electron chi connectivity index (χ1n) is 8.24. The summed E-state index contributed by atoms with van der Waals surface area (Å²) in [7, 11) is 0. The molecule has 3 rings (SSSR count). The Hall–Kier alpha value is -2.58. The Kier molecular flexibility index (Phi) is 5.98. The highest BCUT2D eigenvalue weighted by atomic mass is 32.1. The second-order valence-corrected chi connectivity index (χ2v) is 7.62. The van der Waals surface area contributed by atoms with Crippen molar-refractivity contribution in [2.75, 3.05) is 11.9 Å². The lowest BCUT2D eigenvalue weighted by molar-refractivity contribution is -0.142. The molecule has 0 aliphatic carbocycles. The fourth-order valence-electron chi connectivity index (χ4n) is 2.45. The van der Waals surface area contributed by atoms with Crippen LogP contribution in [-0.2, 0) is 16.0 Å².